The summed E-state index contributed by atoms with van der Waals surface area (Å²) >= 11 is 1.79. The summed E-state index contributed by atoms with van der Waals surface area (Å²) in [5, 5.41) is 15.4. The summed E-state index contributed by atoms with van der Waals surface area (Å²) < 4.78 is 5.38. The Hall–Kier alpha value is -2.41. The van der Waals surface area contributed by atoms with Crippen LogP contribution in [0.15, 0.2) is 47.8 Å². The second kappa shape index (κ2) is 8.38. The maximum absolute atomic E-state index is 13.2. The van der Waals surface area contributed by atoms with E-state index in [4.69, 9.17) is 4.74 Å². The molecule has 3 aromatic rings. The number of nitrogens with zero attached hydrogens (tertiary/aromatic N) is 2. The van der Waals surface area contributed by atoms with Gasteiger partial charge in [-0.15, -0.1) is 11.3 Å². The number of carbonyl (C=O) groups excluding carboxylic acids is 1. The molecular weight excluding hydrogens is 396 g/mol. The van der Waals surface area contributed by atoms with Crippen LogP contribution < -0.4 is 0 Å². The number of ether oxygens (including phenoxy) is 1. The van der Waals surface area contributed by atoms with Gasteiger partial charge in [0.15, 0.2) is 0 Å². The summed E-state index contributed by atoms with van der Waals surface area (Å²) in [5.74, 6) is 0.0149. The second-order valence-corrected chi connectivity index (χ2v) is 9.00. The van der Waals surface area contributed by atoms with E-state index in [1.54, 1.807) is 16.2 Å². The normalized spacial score (nSPS) is 20.1. The van der Waals surface area contributed by atoms with Gasteiger partial charge < -0.3 is 14.7 Å². The molecule has 0 aliphatic carbocycles. The minimum atomic E-state index is -0.112. The van der Waals surface area contributed by atoms with Crippen molar-refractivity contribution >= 4 is 28.0 Å². The van der Waals surface area contributed by atoms with Gasteiger partial charge in [0.25, 0.3) is 5.91 Å². The number of hydrogen-bond acceptors (Lipinski definition) is 5. The van der Waals surface area contributed by atoms with Gasteiger partial charge in [-0.3, -0.25) is 9.69 Å². The molecule has 2 aliphatic heterocycles. The first kappa shape index (κ1) is 19.5. The van der Waals surface area contributed by atoms with Gasteiger partial charge in [-0.1, -0.05) is 30.3 Å². The largest absolute Gasteiger partial charge is 0.507 e. The Balaban J connectivity index is 1.53. The number of thiophene rings is 1. The Labute approximate surface area is 180 Å². The predicted molar refractivity (Wildman–Crippen MR) is 119 cm³/mol. The van der Waals surface area contributed by atoms with Gasteiger partial charge in [-0.25, -0.2) is 0 Å². The van der Waals surface area contributed by atoms with Gasteiger partial charge in [-0.05, 0) is 47.7 Å². The lowest BCUT2D eigenvalue weighted by molar-refractivity contribution is 0.0301. The molecule has 1 unspecified atom stereocenters. The number of hydrogen-bond donors (Lipinski definition) is 1. The van der Waals surface area contributed by atoms with Crippen molar-refractivity contribution in [1.29, 1.82) is 0 Å². The standard InChI is InChI=1S/C24H26N2O3S/c27-23-19(24(28)25-10-12-29-13-11-25)15-17-5-1-2-6-18(17)20(23)16-26-9-3-7-21(26)22-8-4-14-30-22/h1-2,4-6,8,14-15,21,27H,3,7,9-13,16H2. The highest BCUT2D eigenvalue weighted by atomic mass is 32.1. The van der Waals surface area contributed by atoms with Crippen molar-refractivity contribution < 1.29 is 14.6 Å². The lowest BCUT2D eigenvalue weighted by atomic mass is 9.97. The number of likely N-dealkylation sites (tertiary alicyclic amines) is 1. The Bertz CT molecular complexity index is 1040. The number of phenols is 1. The molecule has 2 fully saturated rings. The number of fused-ring (bicyclic) bond motifs is 1. The van der Waals surface area contributed by atoms with Crippen LogP contribution in [0.4, 0.5) is 0 Å². The van der Waals surface area contributed by atoms with E-state index in [0.717, 1.165) is 35.7 Å². The molecule has 1 atom stereocenters. The molecule has 1 N–H and O–H groups in total. The minimum Gasteiger partial charge on any atom is -0.507 e. The first-order chi connectivity index (χ1) is 14.7. The minimum absolute atomic E-state index is 0.112. The average Bonchev–Trinajstić information content (AvgIpc) is 3.47. The maximum Gasteiger partial charge on any atom is 0.257 e. The molecule has 3 heterocycles. The lowest BCUT2D eigenvalue weighted by Crippen LogP contribution is -2.40. The smallest absolute Gasteiger partial charge is 0.257 e. The predicted octanol–water partition coefficient (Wildman–Crippen LogP) is 4.42. The summed E-state index contributed by atoms with van der Waals surface area (Å²) in [5.41, 5.74) is 1.26. The molecule has 2 aliphatic rings. The highest BCUT2D eigenvalue weighted by Crippen LogP contribution is 2.39. The summed E-state index contributed by atoms with van der Waals surface area (Å²) in [7, 11) is 0. The molecule has 0 radical (unpaired) electrons. The quantitative estimate of drug-likeness (QED) is 0.676. The van der Waals surface area contributed by atoms with Crippen LogP contribution in [0.5, 0.6) is 5.75 Å². The van der Waals surface area contributed by atoms with Crippen molar-refractivity contribution in [3.63, 3.8) is 0 Å². The van der Waals surface area contributed by atoms with E-state index in [1.807, 2.05) is 30.3 Å². The molecule has 0 bridgehead atoms. The van der Waals surface area contributed by atoms with Crippen LogP contribution >= 0.6 is 11.3 Å². The fourth-order valence-electron chi connectivity index (χ4n) is 4.69. The first-order valence-electron chi connectivity index (χ1n) is 10.6. The SMILES string of the molecule is O=C(c1cc2ccccc2c(CN2CCCC2c2cccs2)c1O)N1CCOCC1. The summed E-state index contributed by atoms with van der Waals surface area (Å²) in [6.45, 7) is 3.85. The molecule has 5 rings (SSSR count). The van der Waals surface area contributed by atoms with Gasteiger partial charge >= 0.3 is 0 Å². The van der Waals surface area contributed by atoms with Crippen LogP contribution in [0.2, 0.25) is 0 Å². The van der Waals surface area contributed by atoms with Crippen LogP contribution in [0.3, 0.4) is 0 Å². The third kappa shape index (κ3) is 3.60. The van der Waals surface area contributed by atoms with E-state index in [1.165, 1.54) is 4.88 Å². The maximum atomic E-state index is 13.2. The monoisotopic (exact) mass is 422 g/mol. The number of phenolic OH excluding ortho intramolecular Hbond substituents is 1. The summed E-state index contributed by atoms with van der Waals surface area (Å²) in [4.78, 5) is 18.8. The highest BCUT2D eigenvalue weighted by Gasteiger charge is 2.30. The number of rotatable bonds is 4. The van der Waals surface area contributed by atoms with Gasteiger partial charge in [0.2, 0.25) is 0 Å². The van der Waals surface area contributed by atoms with Crippen molar-refractivity contribution in [2.75, 3.05) is 32.8 Å². The number of aromatic hydroxyl groups is 1. The average molecular weight is 423 g/mol. The number of morpholine rings is 1. The van der Waals surface area contributed by atoms with Gasteiger partial charge in [0.1, 0.15) is 5.75 Å². The zero-order valence-electron chi connectivity index (χ0n) is 16.9. The van der Waals surface area contributed by atoms with E-state index < -0.39 is 0 Å². The molecule has 2 saturated heterocycles. The molecule has 1 aromatic heterocycles. The van der Waals surface area contributed by atoms with Crippen molar-refractivity contribution in [1.82, 2.24) is 9.80 Å². The highest BCUT2D eigenvalue weighted by molar-refractivity contribution is 7.10. The zero-order valence-corrected chi connectivity index (χ0v) is 17.7. The van der Waals surface area contributed by atoms with Gasteiger partial charge in [-0.2, -0.15) is 0 Å². The Morgan fingerprint density at radius 2 is 1.97 bits per heavy atom. The van der Waals surface area contributed by atoms with Crippen molar-refractivity contribution in [3.8, 4) is 5.75 Å². The zero-order chi connectivity index (χ0) is 20.5. The molecule has 0 saturated carbocycles. The Morgan fingerprint density at radius 1 is 1.13 bits per heavy atom. The molecule has 156 valence electrons. The van der Waals surface area contributed by atoms with Crippen molar-refractivity contribution in [2.45, 2.75) is 25.4 Å². The number of benzene rings is 2. The molecule has 1 amide bonds. The molecule has 6 heteroatoms. The van der Waals surface area contributed by atoms with Crippen molar-refractivity contribution in [2.24, 2.45) is 0 Å². The lowest BCUT2D eigenvalue weighted by Gasteiger charge is -2.28. The van der Waals surface area contributed by atoms with E-state index in [-0.39, 0.29) is 11.7 Å². The van der Waals surface area contributed by atoms with Gasteiger partial charge in [0, 0.05) is 36.1 Å². The first-order valence-corrected chi connectivity index (χ1v) is 11.5. The topological polar surface area (TPSA) is 53.0 Å². The molecular formula is C24H26N2O3S. The molecule has 5 nitrogen and oxygen atoms in total. The molecule has 0 spiro atoms. The summed E-state index contributed by atoms with van der Waals surface area (Å²) in [6.07, 6.45) is 2.28. The second-order valence-electron chi connectivity index (χ2n) is 8.02. The van der Waals surface area contributed by atoms with Crippen LogP contribution in [0, 0.1) is 0 Å². The van der Waals surface area contributed by atoms with Crippen LogP contribution in [0.25, 0.3) is 10.8 Å². The fourth-order valence-corrected chi connectivity index (χ4v) is 5.59. The van der Waals surface area contributed by atoms with Gasteiger partial charge in [0.05, 0.1) is 18.8 Å². The molecule has 30 heavy (non-hydrogen) atoms. The molecule has 2 aromatic carbocycles. The van der Waals surface area contributed by atoms with Crippen LogP contribution in [0.1, 0.15) is 39.7 Å². The van der Waals surface area contributed by atoms with E-state index in [2.05, 4.69) is 22.4 Å². The third-order valence-corrected chi connectivity index (χ3v) is 7.23. The van der Waals surface area contributed by atoms with Crippen LogP contribution in [-0.4, -0.2) is 53.7 Å². The summed E-state index contributed by atoms with van der Waals surface area (Å²) in [6, 6.07) is 14.6. The number of carbonyl (C=O) groups is 1. The Kier molecular flexibility index (Phi) is 5.46. The van der Waals surface area contributed by atoms with E-state index >= 15 is 0 Å². The van der Waals surface area contributed by atoms with E-state index in [9.17, 15) is 9.90 Å². The number of amides is 1. The van der Waals surface area contributed by atoms with Crippen LogP contribution in [-0.2, 0) is 11.3 Å². The van der Waals surface area contributed by atoms with E-state index in [0.29, 0.717) is 44.5 Å². The fraction of sp³-hybridized carbons (Fsp3) is 0.375. The third-order valence-electron chi connectivity index (χ3n) is 6.25. The Morgan fingerprint density at radius 3 is 2.77 bits per heavy atom. The van der Waals surface area contributed by atoms with Crippen molar-refractivity contribution in [3.05, 3.63) is 63.8 Å².